The highest BCUT2D eigenvalue weighted by Crippen LogP contribution is 2.25. The Morgan fingerprint density at radius 3 is 3.00 bits per heavy atom. The van der Waals surface area contributed by atoms with Gasteiger partial charge in [-0.1, -0.05) is 22.8 Å². The lowest BCUT2D eigenvalue weighted by Crippen LogP contribution is -1.69. The van der Waals surface area contributed by atoms with Gasteiger partial charge in [0.2, 0.25) is 0 Å². The molecule has 0 amide bonds. The number of fused-ring (bicyclic) bond motifs is 1. The highest BCUT2D eigenvalue weighted by Gasteiger charge is 2.05. The van der Waals surface area contributed by atoms with Crippen LogP contribution < -0.4 is 0 Å². The molecule has 0 unspecified atom stereocenters. The number of aromatic nitrogens is 1. The van der Waals surface area contributed by atoms with Gasteiger partial charge in [-0.15, -0.1) is 0 Å². The van der Waals surface area contributed by atoms with Gasteiger partial charge in [-0.25, -0.2) is 0 Å². The second-order valence-electron chi connectivity index (χ2n) is 2.37. The highest BCUT2D eigenvalue weighted by molar-refractivity contribution is 6.35. The second-order valence-corrected chi connectivity index (χ2v) is 2.78. The van der Waals surface area contributed by atoms with Crippen LogP contribution in [0, 0.1) is 6.92 Å². The fourth-order valence-corrected chi connectivity index (χ4v) is 1.40. The fourth-order valence-electron chi connectivity index (χ4n) is 1.10. The predicted octanol–water partition coefficient (Wildman–Crippen LogP) is 2.79. The van der Waals surface area contributed by atoms with Gasteiger partial charge < -0.3 is 4.52 Å². The maximum absolute atomic E-state index is 5.90. The van der Waals surface area contributed by atoms with Gasteiger partial charge >= 0.3 is 0 Å². The van der Waals surface area contributed by atoms with E-state index in [2.05, 4.69) is 5.16 Å². The summed E-state index contributed by atoms with van der Waals surface area (Å²) in [5, 5.41) is 5.43. The first-order valence-electron chi connectivity index (χ1n) is 3.29. The molecule has 2 rings (SSSR count). The summed E-state index contributed by atoms with van der Waals surface area (Å²) in [5.41, 5.74) is 0.815. The maximum Gasteiger partial charge on any atom is 0.143 e. The molecular formula is C8H6ClNO. The van der Waals surface area contributed by atoms with E-state index in [0.29, 0.717) is 5.02 Å². The third kappa shape index (κ3) is 0.906. The van der Waals surface area contributed by atoms with Gasteiger partial charge in [0.25, 0.3) is 0 Å². The topological polar surface area (TPSA) is 26.0 Å². The van der Waals surface area contributed by atoms with Crippen molar-refractivity contribution in [2.45, 2.75) is 6.92 Å². The molecule has 0 bridgehead atoms. The molecule has 0 saturated heterocycles. The minimum absolute atomic E-state index is 0.696. The Balaban J connectivity index is 2.96. The molecular weight excluding hydrogens is 162 g/mol. The van der Waals surface area contributed by atoms with E-state index in [-0.39, 0.29) is 0 Å². The van der Waals surface area contributed by atoms with Gasteiger partial charge in [-0.2, -0.15) is 0 Å². The fraction of sp³-hybridized carbons (Fsp3) is 0.125. The number of rotatable bonds is 0. The third-order valence-corrected chi connectivity index (χ3v) is 1.94. The van der Waals surface area contributed by atoms with Crippen molar-refractivity contribution in [2.24, 2.45) is 0 Å². The van der Waals surface area contributed by atoms with E-state index in [4.69, 9.17) is 16.1 Å². The Labute approximate surface area is 68.7 Å². The molecule has 2 aromatic rings. The molecule has 56 valence electrons. The van der Waals surface area contributed by atoms with E-state index >= 15 is 0 Å². The van der Waals surface area contributed by atoms with Crippen LogP contribution in [0.15, 0.2) is 22.7 Å². The lowest BCUT2D eigenvalue weighted by atomic mass is 10.2. The van der Waals surface area contributed by atoms with E-state index < -0.39 is 0 Å². The number of hydrogen-bond acceptors (Lipinski definition) is 2. The predicted molar refractivity (Wildman–Crippen MR) is 43.8 cm³/mol. The normalized spacial score (nSPS) is 10.7. The molecule has 0 aliphatic rings. The highest BCUT2D eigenvalue weighted by atomic mass is 35.5. The van der Waals surface area contributed by atoms with Crippen LogP contribution in [-0.2, 0) is 0 Å². The van der Waals surface area contributed by atoms with Crippen molar-refractivity contribution >= 4 is 22.5 Å². The summed E-state index contributed by atoms with van der Waals surface area (Å²) in [5.74, 6) is 0.769. The lowest BCUT2D eigenvalue weighted by molar-refractivity contribution is 0.405. The molecule has 0 atom stereocenters. The molecule has 0 N–H and O–H groups in total. The molecule has 1 heterocycles. The number of nitrogens with zero attached hydrogens (tertiary/aromatic N) is 1. The van der Waals surface area contributed by atoms with Crippen molar-refractivity contribution < 1.29 is 4.52 Å². The molecule has 1 aromatic heterocycles. The first-order valence-corrected chi connectivity index (χ1v) is 3.67. The number of aryl methyl sites for hydroxylation is 1. The second kappa shape index (κ2) is 2.24. The van der Waals surface area contributed by atoms with Gasteiger partial charge in [0, 0.05) is 0 Å². The minimum Gasteiger partial charge on any atom is -0.360 e. The van der Waals surface area contributed by atoms with E-state index in [0.717, 1.165) is 16.7 Å². The van der Waals surface area contributed by atoms with E-state index in [9.17, 15) is 0 Å². The Morgan fingerprint density at radius 2 is 2.27 bits per heavy atom. The van der Waals surface area contributed by atoms with Crippen molar-refractivity contribution in [3.05, 3.63) is 29.0 Å². The minimum atomic E-state index is 0.696. The van der Waals surface area contributed by atoms with Crippen LogP contribution in [0.1, 0.15) is 5.76 Å². The molecule has 0 radical (unpaired) electrons. The average Bonchev–Trinajstić information content (AvgIpc) is 2.34. The zero-order valence-electron chi connectivity index (χ0n) is 5.97. The summed E-state index contributed by atoms with van der Waals surface area (Å²) in [6, 6.07) is 5.55. The van der Waals surface area contributed by atoms with Crippen molar-refractivity contribution in [1.29, 1.82) is 0 Å². The summed E-state index contributed by atoms with van der Waals surface area (Å²) in [4.78, 5) is 0. The Hall–Kier alpha value is -1.02. The van der Waals surface area contributed by atoms with Gasteiger partial charge in [-0.05, 0) is 19.1 Å². The molecule has 2 nitrogen and oxygen atoms in total. The van der Waals surface area contributed by atoms with Crippen LogP contribution in [0.5, 0.6) is 0 Å². The van der Waals surface area contributed by atoms with Crippen LogP contribution in [0.25, 0.3) is 10.9 Å². The van der Waals surface area contributed by atoms with Crippen LogP contribution in [0.3, 0.4) is 0 Å². The van der Waals surface area contributed by atoms with Crippen LogP contribution >= 0.6 is 11.6 Å². The largest absolute Gasteiger partial charge is 0.360 e. The van der Waals surface area contributed by atoms with Crippen LogP contribution in [-0.4, -0.2) is 5.16 Å². The molecule has 11 heavy (non-hydrogen) atoms. The van der Waals surface area contributed by atoms with Crippen LogP contribution in [0.2, 0.25) is 5.02 Å². The van der Waals surface area contributed by atoms with E-state index in [1.54, 1.807) is 0 Å². The quantitative estimate of drug-likeness (QED) is 0.603. The Morgan fingerprint density at radius 1 is 1.45 bits per heavy atom. The summed E-state index contributed by atoms with van der Waals surface area (Å²) in [7, 11) is 0. The van der Waals surface area contributed by atoms with Crippen molar-refractivity contribution in [1.82, 2.24) is 5.16 Å². The molecule has 0 spiro atoms. The molecule has 0 aliphatic carbocycles. The van der Waals surface area contributed by atoms with E-state index in [1.165, 1.54) is 0 Å². The smallest absolute Gasteiger partial charge is 0.143 e. The van der Waals surface area contributed by atoms with Gasteiger partial charge in [0.15, 0.2) is 0 Å². The summed E-state index contributed by atoms with van der Waals surface area (Å²) >= 11 is 5.90. The SMILES string of the molecule is Cc1onc2cccc(Cl)c12. The van der Waals surface area contributed by atoms with Crippen molar-refractivity contribution in [3.8, 4) is 0 Å². The zero-order chi connectivity index (χ0) is 7.84. The van der Waals surface area contributed by atoms with Crippen molar-refractivity contribution in [2.75, 3.05) is 0 Å². The summed E-state index contributed by atoms with van der Waals surface area (Å²) < 4.78 is 4.96. The molecule has 3 heteroatoms. The van der Waals surface area contributed by atoms with Gasteiger partial charge in [0.05, 0.1) is 10.4 Å². The van der Waals surface area contributed by atoms with Crippen molar-refractivity contribution in [3.63, 3.8) is 0 Å². The van der Waals surface area contributed by atoms with Gasteiger partial charge in [0.1, 0.15) is 11.3 Å². The maximum atomic E-state index is 5.90. The first kappa shape index (κ1) is 6.68. The summed E-state index contributed by atoms with van der Waals surface area (Å²) in [6.07, 6.45) is 0. The zero-order valence-corrected chi connectivity index (χ0v) is 6.72. The molecule has 0 aliphatic heterocycles. The van der Waals surface area contributed by atoms with Crippen LogP contribution in [0.4, 0.5) is 0 Å². The van der Waals surface area contributed by atoms with Gasteiger partial charge in [-0.3, -0.25) is 0 Å². The van der Waals surface area contributed by atoms with E-state index in [1.807, 2.05) is 25.1 Å². The third-order valence-electron chi connectivity index (χ3n) is 1.62. The Bertz CT molecular complexity index is 394. The number of hydrogen-bond donors (Lipinski definition) is 0. The number of halogens is 1. The standard InChI is InChI=1S/C8H6ClNO/c1-5-8-6(9)3-2-4-7(8)10-11-5/h2-4H,1H3. The first-order chi connectivity index (χ1) is 5.29. The molecule has 0 fully saturated rings. The average molecular weight is 168 g/mol. The summed E-state index contributed by atoms with van der Waals surface area (Å²) in [6.45, 7) is 1.85. The Kier molecular flexibility index (Phi) is 1.36. The molecule has 1 aromatic carbocycles. The lowest BCUT2D eigenvalue weighted by Gasteiger charge is -1.89. The number of benzene rings is 1. The monoisotopic (exact) mass is 167 g/mol. The molecule has 0 saturated carbocycles.